The standard InChI is InChI=1S/C17H24N2S/c1-5-15-16(11-18-12(2)3)20-17(19-15)10-14-8-6-7-13(4)9-14/h6-9,12,18H,5,10-11H2,1-4H3. The Kier molecular flexibility index (Phi) is 5.32. The van der Waals surface area contributed by atoms with E-state index in [1.165, 1.54) is 26.7 Å². The highest BCUT2D eigenvalue weighted by molar-refractivity contribution is 7.11. The van der Waals surface area contributed by atoms with E-state index in [-0.39, 0.29) is 0 Å². The number of benzene rings is 1. The average molecular weight is 288 g/mol. The summed E-state index contributed by atoms with van der Waals surface area (Å²) < 4.78 is 0. The second-order valence-electron chi connectivity index (χ2n) is 5.53. The lowest BCUT2D eigenvalue weighted by molar-refractivity contribution is 0.590. The molecule has 2 nitrogen and oxygen atoms in total. The van der Waals surface area contributed by atoms with Gasteiger partial charge in [-0.3, -0.25) is 0 Å². The normalized spacial score (nSPS) is 11.2. The van der Waals surface area contributed by atoms with Gasteiger partial charge in [0.2, 0.25) is 0 Å². The summed E-state index contributed by atoms with van der Waals surface area (Å²) in [5.74, 6) is 0. The van der Waals surface area contributed by atoms with E-state index < -0.39 is 0 Å². The summed E-state index contributed by atoms with van der Waals surface area (Å²) in [6.45, 7) is 9.62. The van der Waals surface area contributed by atoms with Gasteiger partial charge in [0.1, 0.15) is 0 Å². The third-order valence-corrected chi connectivity index (χ3v) is 4.36. The molecule has 2 rings (SSSR count). The van der Waals surface area contributed by atoms with Gasteiger partial charge in [-0.15, -0.1) is 11.3 Å². The molecule has 0 aliphatic carbocycles. The Hall–Kier alpha value is -1.19. The number of aryl methyl sites for hydroxylation is 2. The van der Waals surface area contributed by atoms with Crippen molar-refractivity contribution in [3.8, 4) is 0 Å². The van der Waals surface area contributed by atoms with Crippen molar-refractivity contribution in [3.63, 3.8) is 0 Å². The predicted molar refractivity (Wildman–Crippen MR) is 87.5 cm³/mol. The van der Waals surface area contributed by atoms with E-state index in [1.54, 1.807) is 0 Å². The van der Waals surface area contributed by atoms with Gasteiger partial charge >= 0.3 is 0 Å². The zero-order valence-corrected chi connectivity index (χ0v) is 13.7. The Morgan fingerprint density at radius 1 is 1.30 bits per heavy atom. The maximum atomic E-state index is 4.81. The lowest BCUT2D eigenvalue weighted by Gasteiger charge is -2.06. The number of thiazole rings is 1. The SMILES string of the molecule is CCc1nc(Cc2cccc(C)c2)sc1CNC(C)C. The number of aromatic nitrogens is 1. The number of nitrogens with one attached hydrogen (secondary N) is 1. The van der Waals surface area contributed by atoms with E-state index in [2.05, 4.69) is 57.3 Å². The first-order chi connectivity index (χ1) is 9.58. The van der Waals surface area contributed by atoms with Crippen LogP contribution in [0.3, 0.4) is 0 Å². The van der Waals surface area contributed by atoms with E-state index in [1.807, 2.05) is 11.3 Å². The van der Waals surface area contributed by atoms with E-state index in [0.29, 0.717) is 6.04 Å². The molecule has 0 bridgehead atoms. The average Bonchev–Trinajstić information content (AvgIpc) is 2.78. The fraction of sp³-hybridized carbons (Fsp3) is 0.471. The van der Waals surface area contributed by atoms with E-state index in [9.17, 15) is 0 Å². The lowest BCUT2D eigenvalue weighted by Crippen LogP contribution is -2.21. The van der Waals surface area contributed by atoms with Crippen LogP contribution in [-0.4, -0.2) is 11.0 Å². The second-order valence-corrected chi connectivity index (χ2v) is 6.70. The van der Waals surface area contributed by atoms with Crippen LogP contribution in [0.4, 0.5) is 0 Å². The highest BCUT2D eigenvalue weighted by atomic mass is 32.1. The molecule has 0 saturated carbocycles. The number of hydrogen-bond donors (Lipinski definition) is 1. The summed E-state index contributed by atoms with van der Waals surface area (Å²) in [4.78, 5) is 6.20. The van der Waals surface area contributed by atoms with Gasteiger partial charge in [0.15, 0.2) is 0 Å². The zero-order chi connectivity index (χ0) is 14.5. The highest BCUT2D eigenvalue weighted by Crippen LogP contribution is 2.22. The van der Waals surface area contributed by atoms with Gasteiger partial charge in [0.25, 0.3) is 0 Å². The summed E-state index contributed by atoms with van der Waals surface area (Å²) in [5, 5.41) is 4.72. The van der Waals surface area contributed by atoms with Crippen molar-refractivity contribution in [3.05, 3.63) is 51.0 Å². The largest absolute Gasteiger partial charge is 0.310 e. The van der Waals surface area contributed by atoms with E-state index in [0.717, 1.165) is 19.4 Å². The van der Waals surface area contributed by atoms with Gasteiger partial charge in [-0.1, -0.05) is 50.6 Å². The molecule has 1 aromatic heterocycles. The monoisotopic (exact) mass is 288 g/mol. The molecule has 0 amide bonds. The van der Waals surface area contributed by atoms with Crippen LogP contribution in [-0.2, 0) is 19.4 Å². The minimum atomic E-state index is 0.516. The minimum Gasteiger partial charge on any atom is -0.310 e. The summed E-state index contributed by atoms with van der Waals surface area (Å²) >= 11 is 1.85. The van der Waals surface area contributed by atoms with Gasteiger partial charge in [-0.25, -0.2) is 4.98 Å². The zero-order valence-electron chi connectivity index (χ0n) is 12.9. The van der Waals surface area contributed by atoms with Crippen LogP contribution < -0.4 is 5.32 Å². The molecule has 0 fully saturated rings. The molecule has 2 aromatic rings. The summed E-state index contributed by atoms with van der Waals surface area (Å²) in [7, 11) is 0. The Labute approximate surface area is 126 Å². The molecular formula is C17H24N2S. The van der Waals surface area contributed by atoms with Crippen LogP contribution in [0.1, 0.15) is 47.5 Å². The van der Waals surface area contributed by atoms with Crippen molar-refractivity contribution in [2.45, 2.75) is 53.1 Å². The number of nitrogens with zero attached hydrogens (tertiary/aromatic N) is 1. The maximum absolute atomic E-state index is 4.81. The first kappa shape index (κ1) is 15.2. The molecular weight excluding hydrogens is 264 g/mol. The van der Waals surface area contributed by atoms with Crippen molar-refractivity contribution in [2.75, 3.05) is 0 Å². The molecule has 0 saturated heterocycles. The fourth-order valence-electron chi connectivity index (χ4n) is 2.22. The summed E-state index contributed by atoms with van der Waals surface area (Å²) in [6, 6.07) is 9.22. The molecule has 0 aliphatic rings. The summed E-state index contributed by atoms with van der Waals surface area (Å²) in [6.07, 6.45) is 1.96. The Balaban J connectivity index is 2.12. The molecule has 0 aliphatic heterocycles. The van der Waals surface area contributed by atoms with Crippen molar-refractivity contribution < 1.29 is 0 Å². The number of rotatable bonds is 6. The molecule has 1 aromatic carbocycles. The van der Waals surface area contributed by atoms with E-state index in [4.69, 9.17) is 4.98 Å². The van der Waals surface area contributed by atoms with Crippen molar-refractivity contribution >= 4 is 11.3 Å². The minimum absolute atomic E-state index is 0.516. The molecule has 0 atom stereocenters. The van der Waals surface area contributed by atoms with Crippen LogP contribution in [0.5, 0.6) is 0 Å². The maximum Gasteiger partial charge on any atom is 0.0975 e. The lowest BCUT2D eigenvalue weighted by atomic mass is 10.1. The predicted octanol–water partition coefficient (Wildman–Crippen LogP) is 4.10. The van der Waals surface area contributed by atoms with Crippen LogP contribution in [0.25, 0.3) is 0 Å². The Bertz CT molecular complexity index is 558. The van der Waals surface area contributed by atoms with E-state index >= 15 is 0 Å². The third-order valence-electron chi connectivity index (χ3n) is 3.27. The topological polar surface area (TPSA) is 24.9 Å². The molecule has 1 heterocycles. The first-order valence-corrected chi connectivity index (χ1v) is 8.16. The number of hydrogen-bond acceptors (Lipinski definition) is 3. The molecule has 0 spiro atoms. The molecule has 3 heteroatoms. The summed E-state index contributed by atoms with van der Waals surface area (Å²) in [5.41, 5.74) is 3.92. The van der Waals surface area contributed by atoms with Crippen molar-refractivity contribution in [2.24, 2.45) is 0 Å². The second kappa shape index (κ2) is 7.00. The van der Waals surface area contributed by atoms with Crippen LogP contribution in [0, 0.1) is 6.92 Å². The van der Waals surface area contributed by atoms with Crippen LogP contribution in [0.15, 0.2) is 24.3 Å². The van der Waals surface area contributed by atoms with Crippen molar-refractivity contribution in [1.82, 2.24) is 10.3 Å². The van der Waals surface area contributed by atoms with Crippen molar-refractivity contribution in [1.29, 1.82) is 0 Å². The van der Waals surface area contributed by atoms with Gasteiger partial charge in [0.05, 0.1) is 10.7 Å². The molecule has 20 heavy (non-hydrogen) atoms. The van der Waals surface area contributed by atoms with Crippen LogP contribution >= 0.6 is 11.3 Å². The first-order valence-electron chi connectivity index (χ1n) is 7.35. The smallest absolute Gasteiger partial charge is 0.0975 e. The van der Waals surface area contributed by atoms with Crippen LogP contribution in [0.2, 0.25) is 0 Å². The molecule has 108 valence electrons. The Morgan fingerprint density at radius 3 is 2.75 bits per heavy atom. The van der Waals surface area contributed by atoms with Gasteiger partial charge in [-0.05, 0) is 18.9 Å². The molecule has 0 radical (unpaired) electrons. The van der Waals surface area contributed by atoms with Gasteiger partial charge in [0, 0.05) is 23.9 Å². The fourth-order valence-corrected chi connectivity index (χ4v) is 3.36. The quantitative estimate of drug-likeness (QED) is 0.865. The Morgan fingerprint density at radius 2 is 2.10 bits per heavy atom. The molecule has 0 unspecified atom stereocenters. The van der Waals surface area contributed by atoms with Gasteiger partial charge in [-0.2, -0.15) is 0 Å². The van der Waals surface area contributed by atoms with Gasteiger partial charge < -0.3 is 5.32 Å². The third kappa shape index (κ3) is 4.15. The molecule has 1 N–H and O–H groups in total. The highest BCUT2D eigenvalue weighted by Gasteiger charge is 2.10.